The Bertz CT molecular complexity index is 757. The lowest BCUT2D eigenvalue weighted by molar-refractivity contribution is 0.0954. The zero-order valence-corrected chi connectivity index (χ0v) is 15.6. The molecule has 1 amide bonds. The number of nitrogens with one attached hydrogen (secondary N) is 1. The molecule has 0 heterocycles. The van der Waals surface area contributed by atoms with E-state index in [0.29, 0.717) is 24.5 Å². The molecule has 0 atom stereocenters. The Labute approximate surface area is 155 Å². The molecule has 5 nitrogen and oxygen atoms in total. The first-order chi connectivity index (χ1) is 12.7. The maximum Gasteiger partial charge on any atom is 0.271 e. The topological polar surface area (TPSA) is 59.9 Å². The second-order valence-corrected chi connectivity index (χ2v) is 5.86. The quantitative estimate of drug-likeness (QED) is 0.414. The number of hydrogen-bond acceptors (Lipinski definition) is 4. The van der Waals surface area contributed by atoms with Crippen LogP contribution in [0.3, 0.4) is 0 Å². The Morgan fingerprint density at radius 3 is 2.65 bits per heavy atom. The smallest absolute Gasteiger partial charge is 0.271 e. The Balaban J connectivity index is 2.04. The summed E-state index contributed by atoms with van der Waals surface area (Å²) in [6.07, 6.45) is 3.67. The monoisotopic (exact) mass is 354 g/mol. The Morgan fingerprint density at radius 2 is 1.92 bits per heavy atom. The highest BCUT2D eigenvalue weighted by Crippen LogP contribution is 2.28. The van der Waals surface area contributed by atoms with Crippen molar-refractivity contribution in [2.45, 2.75) is 33.6 Å². The van der Waals surface area contributed by atoms with Crippen molar-refractivity contribution in [2.24, 2.45) is 5.10 Å². The highest BCUT2D eigenvalue weighted by Gasteiger charge is 2.07. The molecule has 5 heteroatoms. The highest BCUT2D eigenvalue weighted by molar-refractivity contribution is 5.96. The van der Waals surface area contributed by atoms with Gasteiger partial charge in [-0.15, -0.1) is 0 Å². The van der Waals surface area contributed by atoms with Crippen LogP contribution in [0.15, 0.2) is 47.6 Å². The van der Waals surface area contributed by atoms with Crippen LogP contribution in [-0.2, 0) is 0 Å². The van der Waals surface area contributed by atoms with Crippen LogP contribution in [0.5, 0.6) is 11.5 Å². The van der Waals surface area contributed by atoms with E-state index >= 15 is 0 Å². The first-order valence-corrected chi connectivity index (χ1v) is 8.94. The second kappa shape index (κ2) is 10.2. The molecule has 0 aliphatic carbocycles. The molecule has 0 aromatic heterocycles. The van der Waals surface area contributed by atoms with Crippen molar-refractivity contribution >= 4 is 12.1 Å². The molecule has 0 fully saturated rings. The van der Waals surface area contributed by atoms with Crippen molar-refractivity contribution < 1.29 is 14.3 Å². The summed E-state index contributed by atoms with van der Waals surface area (Å²) >= 11 is 0. The summed E-state index contributed by atoms with van der Waals surface area (Å²) in [4.78, 5) is 12.2. The van der Waals surface area contributed by atoms with Gasteiger partial charge < -0.3 is 9.47 Å². The minimum Gasteiger partial charge on any atom is -0.490 e. The molecule has 0 aliphatic rings. The van der Waals surface area contributed by atoms with Crippen LogP contribution >= 0.6 is 0 Å². The van der Waals surface area contributed by atoms with E-state index in [-0.39, 0.29) is 5.91 Å². The zero-order chi connectivity index (χ0) is 18.8. The highest BCUT2D eigenvalue weighted by atomic mass is 16.5. The Morgan fingerprint density at radius 1 is 1.12 bits per heavy atom. The molecule has 2 aromatic carbocycles. The average Bonchev–Trinajstić information content (AvgIpc) is 2.64. The molecule has 0 saturated heterocycles. The number of ether oxygens (including phenoxy) is 2. The molecular formula is C21H26N2O3. The summed E-state index contributed by atoms with van der Waals surface area (Å²) in [5.74, 6) is 1.17. The summed E-state index contributed by atoms with van der Waals surface area (Å²) in [6.45, 7) is 7.16. The van der Waals surface area contributed by atoms with Crippen molar-refractivity contribution in [1.29, 1.82) is 0 Å². The molecule has 0 radical (unpaired) electrons. The standard InChI is InChI=1S/C21H26N2O3/c1-4-6-13-26-19-12-11-17(14-20(19)25-5-2)15-22-23-21(24)18-10-8-7-9-16(18)3/h7-12,14-15H,4-6,13H2,1-3H3,(H,23,24)/b22-15-. The van der Waals surface area contributed by atoms with Gasteiger partial charge in [-0.25, -0.2) is 5.43 Å². The molecule has 138 valence electrons. The second-order valence-electron chi connectivity index (χ2n) is 5.86. The van der Waals surface area contributed by atoms with Crippen molar-refractivity contribution in [2.75, 3.05) is 13.2 Å². The maximum atomic E-state index is 12.2. The summed E-state index contributed by atoms with van der Waals surface area (Å²) in [6, 6.07) is 13.0. The van der Waals surface area contributed by atoms with Gasteiger partial charge in [-0.3, -0.25) is 4.79 Å². The molecule has 0 spiro atoms. The molecule has 1 N–H and O–H groups in total. The lowest BCUT2D eigenvalue weighted by Crippen LogP contribution is -2.18. The van der Waals surface area contributed by atoms with Gasteiger partial charge in [0.1, 0.15) is 0 Å². The molecule has 0 bridgehead atoms. The molecule has 0 unspecified atom stereocenters. The minimum atomic E-state index is -0.232. The Kier molecular flexibility index (Phi) is 7.68. The van der Waals surface area contributed by atoms with Crippen LogP contribution in [0.25, 0.3) is 0 Å². The number of hydrogen-bond donors (Lipinski definition) is 1. The van der Waals surface area contributed by atoms with E-state index in [1.807, 2.05) is 50.2 Å². The zero-order valence-electron chi connectivity index (χ0n) is 15.6. The number of carbonyl (C=O) groups excluding carboxylic acids is 1. The Hall–Kier alpha value is -2.82. The molecule has 2 rings (SSSR count). The minimum absolute atomic E-state index is 0.232. The lowest BCUT2D eigenvalue weighted by atomic mass is 10.1. The van der Waals surface area contributed by atoms with E-state index in [1.165, 1.54) is 0 Å². The summed E-state index contributed by atoms with van der Waals surface area (Å²) in [7, 11) is 0. The van der Waals surface area contributed by atoms with Gasteiger partial charge in [-0.05, 0) is 55.7 Å². The van der Waals surface area contributed by atoms with Gasteiger partial charge in [-0.2, -0.15) is 5.10 Å². The van der Waals surface area contributed by atoms with Gasteiger partial charge in [0.2, 0.25) is 0 Å². The lowest BCUT2D eigenvalue weighted by Gasteiger charge is -2.12. The number of nitrogens with zero attached hydrogens (tertiary/aromatic N) is 1. The largest absolute Gasteiger partial charge is 0.490 e. The van der Waals surface area contributed by atoms with Gasteiger partial charge in [0, 0.05) is 5.56 Å². The fourth-order valence-corrected chi connectivity index (χ4v) is 2.37. The van der Waals surface area contributed by atoms with Crippen molar-refractivity contribution in [3.63, 3.8) is 0 Å². The van der Waals surface area contributed by atoms with E-state index in [2.05, 4.69) is 17.5 Å². The third-order valence-corrected chi connectivity index (χ3v) is 3.79. The van der Waals surface area contributed by atoms with Crippen molar-refractivity contribution in [1.82, 2.24) is 5.43 Å². The van der Waals surface area contributed by atoms with Gasteiger partial charge >= 0.3 is 0 Å². The maximum absolute atomic E-state index is 12.2. The predicted molar refractivity (Wildman–Crippen MR) is 104 cm³/mol. The number of unbranched alkanes of at least 4 members (excludes halogenated alkanes) is 1. The number of aryl methyl sites for hydroxylation is 1. The van der Waals surface area contributed by atoms with Gasteiger partial charge in [0.05, 0.1) is 19.4 Å². The fourth-order valence-electron chi connectivity index (χ4n) is 2.37. The average molecular weight is 354 g/mol. The van der Waals surface area contributed by atoms with Gasteiger partial charge in [-0.1, -0.05) is 31.5 Å². The number of amides is 1. The summed E-state index contributed by atoms with van der Waals surface area (Å²) < 4.78 is 11.4. The van der Waals surface area contributed by atoms with Crippen molar-refractivity contribution in [3.8, 4) is 11.5 Å². The van der Waals surface area contributed by atoms with E-state index in [0.717, 1.165) is 29.7 Å². The number of hydrazone groups is 1. The SMILES string of the molecule is CCCCOc1ccc(/C=N\NC(=O)c2ccccc2C)cc1OCC. The summed E-state index contributed by atoms with van der Waals surface area (Å²) in [5, 5.41) is 4.04. The number of carbonyl (C=O) groups is 1. The third kappa shape index (κ3) is 5.62. The van der Waals surface area contributed by atoms with Gasteiger partial charge in [0.25, 0.3) is 5.91 Å². The molecule has 0 aliphatic heterocycles. The predicted octanol–water partition coefficient (Wildman–Crippen LogP) is 4.34. The number of rotatable bonds is 9. The fraction of sp³-hybridized carbons (Fsp3) is 0.333. The van der Waals surface area contributed by atoms with E-state index in [4.69, 9.17) is 9.47 Å². The van der Waals surface area contributed by atoms with Crippen LogP contribution in [0, 0.1) is 6.92 Å². The van der Waals surface area contributed by atoms with Crippen molar-refractivity contribution in [3.05, 3.63) is 59.2 Å². The summed E-state index contributed by atoms with van der Waals surface area (Å²) in [5.41, 5.74) is 4.90. The van der Waals surface area contributed by atoms with Crippen LogP contribution in [0.1, 0.15) is 48.2 Å². The normalized spacial score (nSPS) is 10.7. The first kappa shape index (κ1) is 19.5. The number of benzene rings is 2. The third-order valence-electron chi connectivity index (χ3n) is 3.79. The van der Waals surface area contributed by atoms with E-state index in [9.17, 15) is 4.79 Å². The van der Waals surface area contributed by atoms with Gasteiger partial charge in [0.15, 0.2) is 11.5 Å². The molecule has 2 aromatic rings. The van der Waals surface area contributed by atoms with Crippen LogP contribution in [-0.4, -0.2) is 25.3 Å². The van der Waals surface area contributed by atoms with Crippen LogP contribution in [0.4, 0.5) is 0 Å². The first-order valence-electron chi connectivity index (χ1n) is 8.94. The molecular weight excluding hydrogens is 328 g/mol. The van der Waals surface area contributed by atoms with E-state index < -0.39 is 0 Å². The molecule has 26 heavy (non-hydrogen) atoms. The molecule has 0 saturated carbocycles. The van der Waals surface area contributed by atoms with Crippen LogP contribution in [0.2, 0.25) is 0 Å². The van der Waals surface area contributed by atoms with Crippen LogP contribution < -0.4 is 14.9 Å². The van der Waals surface area contributed by atoms with E-state index in [1.54, 1.807) is 12.3 Å².